The van der Waals surface area contributed by atoms with Gasteiger partial charge in [-0.05, 0) is 37.6 Å². The maximum atomic E-state index is 12.7. The number of methoxy groups -OCH3 is 1. The van der Waals surface area contributed by atoms with E-state index in [-0.39, 0.29) is 19.6 Å². The Balaban J connectivity index is 2.90. The molecule has 1 rings (SSSR count). The predicted molar refractivity (Wildman–Crippen MR) is 123 cm³/mol. The first-order chi connectivity index (χ1) is 14.5. The number of rotatable bonds is 14. The van der Waals surface area contributed by atoms with E-state index in [9.17, 15) is 14.2 Å². The molecule has 0 aliphatic rings. The standard InChI is InChI=1S/C21H36NO7PSi/c1-7-28-30(25,29-8-2)16-20(23)22-19(21(24)27-13-14-31(4,5)6)15-17-9-11-18(26-3)12-10-17/h9-12,19H,7-8,13-16H2,1-6H3,(H,22,23)/t19-/m1/s1. The third-order valence-corrected chi connectivity index (χ3v) is 7.99. The van der Waals surface area contributed by atoms with Gasteiger partial charge in [0.15, 0.2) is 0 Å². The Bertz CT molecular complexity index is 739. The topological polar surface area (TPSA) is 100 Å². The summed E-state index contributed by atoms with van der Waals surface area (Å²) in [6.45, 7) is 10.5. The van der Waals surface area contributed by atoms with Crippen LogP contribution in [0.1, 0.15) is 19.4 Å². The van der Waals surface area contributed by atoms with Crippen LogP contribution < -0.4 is 10.1 Å². The van der Waals surface area contributed by atoms with Gasteiger partial charge in [0, 0.05) is 14.5 Å². The molecule has 0 saturated carbocycles. The molecule has 1 N–H and O–H groups in total. The first kappa shape index (κ1) is 27.4. The number of hydrogen-bond acceptors (Lipinski definition) is 7. The van der Waals surface area contributed by atoms with E-state index in [1.54, 1.807) is 33.1 Å². The van der Waals surface area contributed by atoms with Gasteiger partial charge in [0.05, 0.1) is 26.9 Å². The van der Waals surface area contributed by atoms with Crippen LogP contribution in [0.4, 0.5) is 0 Å². The smallest absolute Gasteiger partial charge is 0.340 e. The van der Waals surface area contributed by atoms with Crippen molar-refractivity contribution in [1.29, 1.82) is 0 Å². The average Bonchev–Trinajstić information content (AvgIpc) is 2.67. The lowest BCUT2D eigenvalue weighted by Gasteiger charge is -2.21. The summed E-state index contributed by atoms with van der Waals surface area (Å²) in [5.41, 5.74) is 0.825. The Morgan fingerprint density at radius 2 is 1.65 bits per heavy atom. The van der Waals surface area contributed by atoms with Gasteiger partial charge in [-0.25, -0.2) is 4.79 Å². The SMILES string of the molecule is CCOP(=O)(CC(=O)N[C@H](Cc1ccc(OC)cc1)C(=O)OCC[Si](C)(C)C)OCC. The molecule has 0 spiro atoms. The molecule has 0 aliphatic heterocycles. The molecule has 0 heterocycles. The number of esters is 1. The molecule has 0 aliphatic carbocycles. The van der Waals surface area contributed by atoms with Crippen LogP contribution in [0.15, 0.2) is 24.3 Å². The van der Waals surface area contributed by atoms with E-state index in [1.807, 2.05) is 12.1 Å². The highest BCUT2D eigenvalue weighted by Gasteiger charge is 2.31. The van der Waals surface area contributed by atoms with E-state index in [0.717, 1.165) is 11.6 Å². The fourth-order valence-electron chi connectivity index (χ4n) is 2.69. The zero-order chi connectivity index (χ0) is 23.5. The Labute approximate surface area is 186 Å². The monoisotopic (exact) mass is 473 g/mol. The molecule has 0 aromatic heterocycles. The molecule has 1 atom stereocenters. The average molecular weight is 474 g/mol. The van der Waals surface area contributed by atoms with Gasteiger partial charge in [-0.15, -0.1) is 0 Å². The van der Waals surface area contributed by atoms with Crippen LogP contribution in [0.25, 0.3) is 0 Å². The summed E-state index contributed by atoms with van der Waals surface area (Å²) in [6.07, 6.45) is -0.231. The Morgan fingerprint density at radius 1 is 1.06 bits per heavy atom. The first-order valence-corrected chi connectivity index (χ1v) is 15.9. The minimum Gasteiger partial charge on any atom is -0.497 e. The molecular weight excluding hydrogens is 437 g/mol. The summed E-state index contributed by atoms with van der Waals surface area (Å²) < 4.78 is 33.6. The highest BCUT2D eigenvalue weighted by Crippen LogP contribution is 2.47. The third kappa shape index (κ3) is 11.0. The Hall–Kier alpha value is -1.67. The molecule has 10 heteroatoms. The minimum atomic E-state index is -3.57. The van der Waals surface area contributed by atoms with Gasteiger partial charge in [-0.2, -0.15) is 0 Å². The molecule has 176 valence electrons. The van der Waals surface area contributed by atoms with E-state index < -0.39 is 39.7 Å². The largest absolute Gasteiger partial charge is 0.497 e. The molecule has 0 fully saturated rings. The van der Waals surface area contributed by atoms with Crippen molar-refractivity contribution in [3.05, 3.63) is 29.8 Å². The van der Waals surface area contributed by atoms with Crippen molar-refractivity contribution in [1.82, 2.24) is 5.32 Å². The van der Waals surface area contributed by atoms with Crippen LogP contribution in [0, 0.1) is 0 Å². The fraction of sp³-hybridized carbons (Fsp3) is 0.619. The van der Waals surface area contributed by atoms with E-state index >= 15 is 0 Å². The lowest BCUT2D eigenvalue weighted by Crippen LogP contribution is -2.45. The van der Waals surface area contributed by atoms with Crippen LogP contribution in [-0.2, 0) is 34.4 Å². The van der Waals surface area contributed by atoms with E-state index in [1.165, 1.54) is 0 Å². The molecule has 8 nitrogen and oxygen atoms in total. The van der Waals surface area contributed by atoms with Crippen LogP contribution in [0.2, 0.25) is 25.7 Å². The molecule has 31 heavy (non-hydrogen) atoms. The fourth-order valence-corrected chi connectivity index (χ4v) is 4.89. The lowest BCUT2D eigenvalue weighted by molar-refractivity contribution is -0.147. The summed E-state index contributed by atoms with van der Waals surface area (Å²) in [5.74, 6) is -0.424. The zero-order valence-corrected chi connectivity index (χ0v) is 21.3. The quantitative estimate of drug-likeness (QED) is 0.249. The normalized spacial score (nSPS) is 12.8. The molecule has 1 aromatic carbocycles. The van der Waals surface area contributed by atoms with E-state index in [4.69, 9.17) is 18.5 Å². The van der Waals surface area contributed by atoms with Crippen LogP contribution >= 0.6 is 7.60 Å². The van der Waals surface area contributed by atoms with Gasteiger partial charge < -0.3 is 23.8 Å². The van der Waals surface area contributed by atoms with Gasteiger partial charge in [0.2, 0.25) is 5.91 Å². The van der Waals surface area contributed by atoms with Crippen molar-refractivity contribution >= 4 is 27.5 Å². The molecule has 0 bridgehead atoms. The number of nitrogens with one attached hydrogen (secondary N) is 1. The molecular formula is C21H36NO7PSi. The van der Waals surface area contributed by atoms with Crippen LogP contribution in [-0.4, -0.2) is 59.1 Å². The van der Waals surface area contributed by atoms with Crippen LogP contribution in [0.3, 0.4) is 0 Å². The van der Waals surface area contributed by atoms with Crippen LogP contribution in [0.5, 0.6) is 5.75 Å². The maximum absolute atomic E-state index is 12.7. The van der Waals surface area contributed by atoms with Gasteiger partial charge in [0.1, 0.15) is 18.0 Å². The van der Waals surface area contributed by atoms with E-state index in [0.29, 0.717) is 12.4 Å². The third-order valence-electron chi connectivity index (χ3n) is 4.30. The summed E-state index contributed by atoms with van der Waals surface area (Å²) >= 11 is 0. The molecule has 0 unspecified atom stereocenters. The lowest BCUT2D eigenvalue weighted by atomic mass is 10.1. The van der Waals surface area contributed by atoms with Gasteiger partial charge in [0.25, 0.3) is 0 Å². The Kier molecular flexibility index (Phi) is 11.5. The molecule has 1 amide bonds. The molecule has 1 aromatic rings. The van der Waals surface area contributed by atoms with E-state index in [2.05, 4.69) is 25.0 Å². The molecule has 0 radical (unpaired) electrons. The number of carbonyl (C=O) groups excluding carboxylic acids is 2. The van der Waals surface area contributed by atoms with Crippen molar-refractivity contribution in [2.75, 3.05) is 33.1 Å². The number of carbonyl (C=O) groups is 2. The first-order valence-electron chi connectivity index (χ1n) is 10.5. The summed E-state index contributed by atoms with van der Waals surface area (Å²) in [6, 6.07) is 7.11. The summed E-state index contributed by atoms with van der Waals surface area (Å²) in [7, 11) is -3.38. The summed E-state index contributed by atoms with van der Waals surface area (Å²) in [5, 5.41) is 2.65. The van der Waals surface area contributed by atoms with Crippen molar-refractivity contribution < 1.29 is 32.7 Å². The molecule has 0 saturated heterocycles. The zero-order valence-electron chi connectivity index (χ0n) is 19.4. The maximum Gasteiger partial charge on any atom is 0.340 e. The van der Waals surface area contributed by atoms with Gasteiger partial charge >= 0.3 is 13.6 Å². The van der Waals surface area contributed by atoms with Crippen molar-refractivity contribution in [3.63, 3.8) is 0 Å². The second kappa shape index (κ2) is 13.0. The Morgan fingerprint density at radius 3 is 2.13 bits per heavy atom. The second-order valence-corrected chi connectivity index (χ2v) is 15.9. The van der Waals surface area contributed by atoms with Gasteiger partial charge in [-0.1, -0.05) is 31.8 Å². The number of benzene rings is 1. The van der Waals surface area contributed by atoms with Crippen molar-refractivity contribution in [3.8, 4) is 5.75 Å². The highest BCUT2D eigenvalue weighted by molar-refractivity contribution is 7.54. The number of amides is 1. The number of hydrogen-bond donors (Lipinski definition) is 1. The second-order valence-electron chi connectivity index (χ2n) is 8.26. The van der Waals surface area contributed by atoms with Crippen molar-refractivity contribution in [2.24, 2.45) is 0 Å². The van der Waals surface area contributed by atoms with Crippen molar-refractivity contribution in [2.45, 2.75) is 52.0 Å². The van der Waals surface area contributed by atoms with Gasteiger partial charge in [-0.3, -0.25) is 9.36 Å². The number of ether oxygens (including phenoxy) is 2. The summed E-state index contributed by atoms with van der Waals surface area (Å²) in [4.78, 5) is 25.3. The minimum absolute atomic E-state index is 0.151. The predicted octanol–water partition coefficient (Wildman–Crippen LogP) is 3.87. The highest BCUT2D eigenvalue weighted by atomic mass is 31.2.